The van der Waals surface area contributed by atoms with E-state index in [2.05, 4.69) is 71.4 Å². The molecule has 2 aromatic rings. The first-order chi connectivity index (χ1) is 7.86. The van der Waals surface area contributed by atoms with Crippen LogP contribution in [0.2, 0.25) is 0 Å². The van der Waals surface area contributed by atoms with Crippen molar-refractivity contribution >= 4 is 32.3 Å². The van der Waals surface area contributed by atoms with E-state index in [0.717, 1.165) is 11.8 Å². The van der Waals surface area contributed by atoms with E-state index in [1.807, 2.05) is 0 Å². The Balaban J connectivity index is 2.64. The van der Waals surface area contributed by atoms with Crippen molar-refractivity contribution in [1.29, 1.82) is 0 Å². The normalized spacial score (nSPS) is 12.0. The fraction of sp³-hybridized carbons (Fsp3) is 0.200. The van der Waals surface area contributed by atoms with Crippen LogP contribution in [0.15, 0.2) is 48.5 Å². The maximum atomic E-state index is 3.48. The van der Waals surface area contributed by atoms with E-state index in [1.54, 1.807) is 0 Å². The summed E-state index contributed by atoms with van der Waals surface area (Å²) >= 11 is 3.48. The molecule has 0 nitrogen and oxygen atoms in total. The highest BCUT2D eigenvalue weighted by molar-refractivity contribution is 9.09. The first-order valence-electron chi connectivity index (χ1n) is 5.60. The van der Waals surface area contributed by atoms with Gasteiger partial charge in [0.2, 0.25) is 0 Å². The minimum Gasteiger partial charge on any atom is -0.0883 e. The van der Waals surface area contributed by atoms with Gasteiger partial charge < -0.3 is 0 Å². The molecule has 0 radical (unpaired) electrons. The maximum Gasteiger partial charge on any atom is 0.0217 e. The lowest BCUT2D eigenvalue weighted by Crippen LogP contribution is -1.86. The van der Waals surface area contributed by atoms with E-state index < -0.39 is 0 Å². The van der Waals surface area contributed by atoms with Gasteiger partial charge in [-0.15, -0.1) is 0 Å². The van der Waals surface area contributed by atoms with E-state index in [9.17, 15) is 0 Å². The highest BCUT2D eigenvalue weighted by Crippen LogP contribution is 2.27. The summed E-state index contributed by atoms with van der Waals surface area (Å²) in [6.07, 6.45) is 3.32. The first kappa shape index (κ1) is 11.4. The third kappa shape index (κ3) is 2.19. The zero-order valence-corrected chi connectivity index (χ0v) is 11.0. The van der Waals surface area contributed by atoms with Gasteiger partial charge in [-0.1, -0.05) is 71.4 Å². The standard InChI is InChI=1S/C15H15Br/c1-2-12(10-11-16)14-9-5-7-13-6-3-4-8-15(13)14/h3-10H,2,11H2,1H3. The quantitative estimate of drug-likeness (QED) is 0.689. The van der Waals surface area contributed by atoms with Gasteiger partial charge in [0.25, 0.3) is 0 Å². The highest BCUT2D eigenvalue weighted by Gasteiger charge is 2.03. The monoisotopic (exact) mass is 274 g/mol. The molecule has 0 amide bonds. The molecule has 0 saturated heterocycles. The second-order valence-corrected chi connectivity index (χ2v) is 4.41. The Labute approximate surface area is 105 Å². The van der Waals surface area contributed by atoms with Crippen LogP contribution >= 0.6 is 15.9 Å². The summed E-state index contributed by atoms with van der Waals surface area (Å²) in [4.78, 5) is 0. The van der Waals surface area contributed by atoms with Gasteiger partial charge in [0.15, 0.2) is 0 Å². The number of fused-ring (bicyclic) bond motifs is 1. The first-order valence-corrected chi connectivity index (χ1v) is 6.72. The van der Waals surface area contributed by atoms with E-state index in [4.69, 9.17) is 0 Å². The molecular formula is C15H15Br. The van der Waals surface area contributed by atoms with Crippen LogP contribution in [0.5, 0.6) is 0 Å². The van der Waals surface area contributed by atoms with Crippen molar-refractivity contribution in [2.45, 2.75) is 13.3 Å². The molecule has 0 spiro atoms. The van der Waals surface area contributed by atoms with E-state index in [0.29, 0.717) is 0 Å². The third-order valence-electron chi connectivity index (χ3n) is 2.84. The zero-order chi connectivity index (χ0) is 11.4. The van der Waals surface area contributed by atoms with Crippen LogP contribution in [-0.4, -0.2) is 5.33 Å². The Hall–Kier alpha value is -1.08. The molecule has 82 valence electrons. The summed E-state index contributed by atoms with van der Waals surface area (Å²) in [5.74, 6) is 0. The molecule has 0 N–H and O–H groups in total. The Morgan fingerprint density at radius 1 is 1.12 bits per heavy atom. The van der Waals surface area contributed by atoms with Gasteiger partial charge in [0.05, 0.1) is 0 Å². The van der Waals surface area contributed by atoms with Gasteiger partial charge in [-0.25, -0.2) is 0 Å². The summed E-state index contributed by atoms with van der Waals surface area (Å²) in [6, 6.07) is 15.1. The van der Waals surface area contributed by atoms with Crippen molar-refractivity contribution in [1.82, 2.24) is 0 Å². The highest BCUT2D eigenvalue weighted by atomic mass is 79.9. The minimum atomic E-state index is 0.916. The van der Waals surface area contributed by atoms with Crippen molar-refractivity contribution in [3.8, 4) is 0 Å². The van der Waals surface area contributed by atoms with Gasteiger partial charge in [-0.05, 0) is 28.3 Å². The van der Waals surface area contributed by atoms with Crippen LogP contribution in [-0.2, 0) is 0 Å². The third-order valence-corrected chi connectivity index (χ3v) is 3.16. The second-order valence-electron chi connectivity index (χ2n) is 3.76. The average Bonchev–Trinajstić information content (AvgIpc) is 2.35. The summed E-state index contributed by atoms with van der Waals surface area (Å²) in [5.41, 5.74) is 2.77. The van der Waals surface area contributed by atoms with Gasteiger partial charge in [0.1, 0.15) is 0 Å². The van der Waals surface area contributed by atoms with Crippen LogP contribution in [0.4, 0.5) is 0 Å². The molecule has 0 atom stereocenters. The molecule has 0 aliphatic rings. The Morgan fingerprint density at radius 3 is 2.62 bits per heavy atom. The average molecular weight is 275 g/mol. The molecule has 0 saturated carbocycles. The van der Waals surface area contributed by atoms with E-state index in [1.165, 1.54) is 21.9 Å². The number of rotatable bonds is 3. The summed E-state index contributed by atoms with van der Waals surface area (Å²) in [7, 11) is 0. The number of hydrogen-bond acceptors (Lipinski definition) is 0. The molecule has 2 rings (SSSR count). The number of allylic oxidation sites excluding steroid dienone is 2. The summed E-state index contributed by atoms with van der Waals surface area (Å²) in [5, 5.41) is 3.58. The van der Waals surface area contributed by atoms with Crippen LogP contribution in [0.3, 0.4) is 0 Å². The van der Waals surface area contributed by atoms with E-state index >= 15 is 0 Å². The Bertz CT molecular complexity index is 506. The lowest BCUT2D eigenvalue weighted by Gasteiger charge is -2.08. The van der Waals surface area contributed by atoms with Gasteiger partial charge in [-0.3, -0.25) is 0 Å². The topological polar surface area (TPSA) is 0 Å². The predicted molar refractivity (Wildman–Crippen MR) is 76.0 cm³/mol. The lowest BCUT2D eigenvalue weighted by atomic mass is 9.97. The lowest BCUT2D eigenvalue weighted by molar-refractivity contribution is 1.24. The van der Waals surface area contributed by atoms with Crippen molar-refractivity contribution in [3.05, 3.63) is 54.1 Å². The predicted octanol–water partition coefficient (Wildman–Crippen LogP) is 5.03. The molecule has 0 unspecified atom stereocenters. The fourth-order valence-electron chi connectivity index (χ4n) is 2.04. The molecule has 1 heteroatoms. The molecular weight excluding hydrogens is 260 g/mol. The largest absolute Gasteiger partial charge is 0.0883 e. The summed E-state index contributed by atoms with van der Waals surface area (Å²) in [6.45, 7) is 2.20. The zero-order valence-electron chi connectivity index (χ0n) is 9.41. The Kier molecular flexibility index (Phi) is 3.79. The van der Waals surface area contributed by atoms with Gasteiger partial charge >= 0.3 is 0 Å². The molecule has 0 aliphatic heterocycles. The minimum absolute atomic E-state index is 0.916. The number of halogens is 1. The molecule has 16 heavy (non-hydrogen) atoms. The molecule has 2 aromatic carbocycles. The smallest absolute Gasteiger partial charge is 0.0217 e. The number of alkyl halides is 1. The van der Waals surface area contributed by atoms with Gasteiger partial charge in [0, 0.05) is 5.33 Å². The molecule has 0 fully saturated rings. The summed E-state index contributed by atoms with van der Waals surface area (Å²) < 4.78 is 0. The van der Waals surface area contributed by atoms with Crippen molar-refractivity contribution in [2.24, 2.45) is 0 Å². The molecule has 0 aromatic heterocycles. The second kappa shape index (κ2) is 5.31. The number of hydrogen-bond donors (Lipinski definition) is 0. The Morgan fingerprint density at radius 2 is 1.88 bits per heavy atom. The van der Waals surface area contributed by atoms with Crippen LogP contribution in [0.25, 0.3) is 16.3 Å². The fourth-order valence-corrected chi connectivity index (χ4v) is 2.43. The number of benzene rings is 2. The van der Waals surface area contributed by atoms with Crippen LogP contribution < -0.4 is 0 Å². The molecule has 0 heterocycles. The van der Waals surface area contributed by atoms with Crippen molar-refractivity contribution < 1.29 is 0 Å². The van der Waals surface area contributed by atoms with Gasteiger partial charge in [-0.2, -0.15) is 0 Å². The molecule has 0 bridgehead atoms. The van der Waals surface area contributed by atoms with Crippen LogP contribution in [0.1, 0.15) is 18.9 Å². The maximum absolute atomic E-state index is 3.48. The molecule has 0 aliphatic carbocycles. The van der Waals surface area contributed by atoms with E-state index in [-0.39, 0.29) is 0 Å². The van der Waals surface area contributed by atoms with Crippen molar-refractivity contribution in [3.63, 3.8) is 0 Å². The SMILES string of the molecule is CCC(=CCBr)c1cccc2ccccc12. The van der Waals surface area contributed by atoms with Crippen molar-refractivity contribution in [2.75, 3.05) is 5.33 Å². The van der Waals surface area contributed by atoms with Crippen LogP contribution in [0, 0.1) is 0 Å².